The van der Waals surface area contributed by atoms with Crippen LogP contribution in [0.2, 0.25) is 5.02 Å². The molecule has 0 unspecified atom stereocenters. The topological polar surface area (TPSA) is 77.6 Å². The molecular formula is C21H18ClFN4O3. The minimum atomic E-state index is -1.00. The molecule has 0 spiro atoms. The van der Waals surface area contributed by atoms with Gasteiger partial charge in [-0.15, -0.1) is 0 Å². The molecule has 0 saturated carbocycles. The van der Waals surface area contributed by atoms with Crippen molar-refractivity contribution in [3.63, 3.8) is 0 Å². The number of rotatable bonds is 4. The molecule has 7 nitrogen and oxygen atoms in total. The number of hydrogen-bond donors (Lipinski definition) is 1. The number of oxime groups is 1. The van der Waals surface area contributed by atoms with E-state index in [0.29, 0.717) is 11.4 Å². The first-order valence-electron chi connectivity index (χ1n) is 9.20. The molecular weight excluding hydrogens is 411 g/mol. The van der Waals surface area contributed by atoms with E-state index in [9.17, 15) is 14.0 Å². The molecule has 4 rings (SSSR count). The molecule has 0 radical (unpaired) electrons. The van der Waals surface area contributed by atoms with E-state index in [1.54, 1.807) is 30.8 Å². The monoisotopic (exact) mass is 428 g/mol. The summed E-state index contributed by atoms with van der Waals surface area (Å²) in [5.74, 6) is -1.09. The number of nitrogens with one attached hydrogen (secondary N) is 1. The predicted octanol–water partition coefficient (Wildman–Crippen LogP) is 3.41. The zero-order chi connectivity index (χ0) is 21.4. The molecule has 9 heteroatoms. The molecule has 2 aromatic carbocycles. The van der Waals surface area contributed by atoms with Crippen LogP contribution in [0.5, 0.6) is 0 Å². The zero-order valence-corrected chi connectivity index (χ0v) is 17.0. The number of benzene rings is 2. The summed E-state index contributed by atoms with van der Waals surface area (Å²) >= 11 is 6.06. The summed E-state index contributed by atoms with van der Waals surface area (Å²) in [4.78, 5) is 30.9. The van der Waals surface area contributed by atoms with Crippen molar-refractivity contribution in [3.8, 4) is 5.69 Å². The van der Waals surface area contributed by atoms with Crippen molar-refractivity contribution in [2.75, 3.05) is 5.32 Å². The first-order chi connectivity index (χ1) is 14.4. The molecule has 1 aliphatic heterocycles. The smallest absolute Gasteiger partial charge is 0.295 e. The standard InChI is InChI=1S/C21H18ClFN4O3/c1-12-19(21(29)27(26(12)2)13-7-4-3-5-8-13)24-20(28)17-11-16(25-30-17)18-14(22)9-6-10-15(18)23/h3-10,17H,11H2,1-2H3,(H,24,28)/t17-/m1/s1. The average molecular weight is 429 g/mol. The van der Waals surface area contributed by atoms with E-state index in [0.717, 1.165) is 0 Å². The van der Waals surface area contributed by atoms with Crippen LogP contribution < -0.4 is 10.9 Å². The maximum Gasteiger partial charge on any atom is 0.295 e. The van der Waals surface area contributed by atoms with Crippen molar-refractivity contribution in [2.24, 2.45) is 12.2 Å². The van der Waals surface area contributed by atoms with Gasteiger partial charge in [0.15, 0.2) is 0 Å². The lowest BCUT2D eigenvalue weighted by Gasteiger charge is -2.09. The Kier molecular flexibility index (Phi) is 5.17. The minimum Gasteiger partial charge on any atom is -0.382 e. The lowest BCUT2D eigenvalue weighted by molar-refractivity contribution is -0.125. The maximum atomic E-state index is 14.1. The van der Waals surface area contributed by atoms with E-state index in [1.807, 2.05) is 18.2 Å². The van der Waals surface area contributed by atoms with Gasteiger partial charge in [-0.3, -0.25) is 14.3 Å². The Labute approximate surface area is 176 Å². The van der Waals surface area contributed by atoms with E-state index < -0.39 is 17.8 Å². The summed E-state index contributed by atoms with van der Waals surface area (Å²) in [7, 11) is 1.73. The molecule has 1 amide bonds. The number of amides is 1. The van der Waals surface area contributed by atoms with Gasteiger partial charge in [0.05, 0.1) is 27.7 Å². The van der Waals surface area contributed by atoms with Crippen LogP contribution in [-0.2, 0) is 16.7 Å². The molecule has 30 heavy (non-hydrogen) atoms. The third kappa shape index (κ3) is 3.39. The second-order valence-electron chi connectivity index (χ2n) is 6.86. The highest BCUT2D eigenvalue weighted by molar-refractivity contribution is 6.34. The van der Waals surface area contributed by atoms with Crippen LogP contribution in [0.25, 0.3) is 5.69 Å². The normalized spacial score (nSPS) is 15.6. The Morgan fingerprint density at radius 2 is 1.97 bits per heavy atom. The van der Waals surface area contributed by atoms with Gasteiger partial charge in [-0.1, -0.05) is 41.0 Å². The van der Waals surface area contributed by atoms with E-state index in [4.69, 9.17) is 16.4 Å². The molecule has 1 aliphatic rings. The van der Waals surface area contributed by atoms with Gasteiger partial charge in [0.25, 0.3) is 11.5 Å². The van der Waals surface area contributed by atoms with Gasteiger partial charge >= 0.3 is 0 Å². The summed E-state index contributed by atoms with van der Waals surface area (Å²) in [5, 5.41) is 6.65. The SMILES string of the molecule is Cc1c(NC(=O)[C@H]2CC(c3c(F)cccc3Cl)=NO2)c(=O)n(-c2ccccc2)n1C. The highest BCUT2D eigenvalue weighted by atomic mass is 35.5. The summed E-state index contributed by atoms with van der Waals surface area (Å²) in [5.41, 5.74) is 1.37. The van der Waals surface area contributed by atoms with Crippen LogP contribution >= 0.6 is 11.6 Å². The molecule has 0 fully saturated rings. The molecule has 2 heterocycles. The highest BCUT2D eigenvalue weighted by Gasteiger charge is 2.32. The highest BCUT2D eigenvalue weighted by Crippen LogP contribution is 2.26. The van der Waals surface area contributed by atoms with Gasteiger partial charge in [0.2, 0.25) is 6.10 Å². The fourth-order valence-corrected chi connectivity index (χ4v) is 3.63. The fraction of sp³-hybridized carbons (Fsp3) is 0.190. The molecule has 0 aliphatic carbocycles. The van der Waals surface area contributed by atoms with Gasteiger partial charge < -0.3 is 10.2 Å². The third-order valence-corrected chi connectivity index (χ3v) is 5.33. The molecule has 1 atom stereocenters. The van der Waals surface area contributed by atoms with Crippen LogP contribution in [0, 0.1) is 12.7 Å². The second-order valence-corrected chi connectivity index (χ2v) is 7.27. The average Bonchev–Trinajstić information content (AvgIpc) is 3.28. The van der Waals surface area contributed by atoms with E-state index in [1.165, 1.54) is 22.9 Å². The maximum absolute atomic E-state index is 14.1. The van der Waals surface area contributed by atoms with Crippen molar-refractivity contribution in [3.05, 3.63) is 81.0 Å². The molecule has 1 aromatic heterocycles. The van der Waals surface area contributed by atoms with Crippen molar-refractivity contribution >= 4 is 28.9 Å². The lowest BCUT2D eigenvalue weighted by Crippen LogP contribution is -2.31. The summed E-state index contributed by atoms with van der Waals surface area (Å²) in [6, 6.07) is 13.4. The Bertz CT molecular complexity index is 1200. The predicted molar refractivity (Wildman–Crippen MR) is 112 cm³/mol. The van der Waals surface area contributed by atoms with E-state index >= 15 is 0 Å². The van der Waals surface area contributed by atoms with Crippen LogP contribution in [0.3, 0.4) is 0 Å². The van der Waals surface area contributed by atoms with E-state index in [-0.39, 0.29) is 34.0 Å². The number of aromatic nitrogens is 2. The van der Waals surface area contributed by atoms with Crippen LogP contribution in [0.15, 0.2) is 58.5 Å². The molecule has 0 bridgehead atoms. The number of carbonyl (C=O) groups excluding carboxylic acids is 1. The molecule has 1 N–H and O–H groups in total. The zero-order valence-electron chi connectivity index (χ0n) is 16.2. The summed E-state index contributed by atoms with van der Waals surface area (Å²) in [6.45, 7) is 1.73. The Morgan fingerprint density at radius 1 is 1.23 bits per heavy atom. The van der Waals surface area contributed by atoms with Crippen LogP contribution in [0.1, 0.15) is 17.7 Å². The number of nitrogens with zero attached hydrogens (tertiary/aromatic N) is 3. The Balaban J connectivity index is 1.56. The summed E-state index contributed by atoms with van der Waals surface area (Å²) in [6.07, 6.45) is -0.967. The fourth-order valence-electron chi connectivity index (χ4n) is 3.36. The first kappa shape index (κ1) is 19.9. The number of hydrogen-bond acceptors (Lipinski definition) is 4. The molecule has 0 saturated heterocycles. The lowest BCUT2D eigenvalue weighted by atomic mass is 10.0. The summed E-state index contributed by atoms with van der Waals surface area (Å²) < 4.78 is 17.2. The van der Waals surface area contributed by atoms with E-state index in [2.05, 4.69) is 10.5 Å². The van der Waals surface area contributed by atoms with Gasteiger partial charge in [-0.2, -0.15) is 0 Å². The first-order valence-corrected chi connectivity index (χ1v) is 9.58. The van der Waals surface area contributed by atoms with Gasteiger partial charge in [-0.05, 0) is 31.2 Å². The van der Waals surface area contributed by atoms with Crippen molar-refractivity contribution in [2.45, 2.75) is 19.4 Å². The van der Waals surface area contributed by atoms with Crippen molar-refractivity contribution < 1.29 is 14.0 Å². The van der Waals surface area contributed by atoms with Gasteiger partial charge in [0.1, 0.15) is 11.5 Å². The Morgan fingerprint density at radius 3 is 2.67 bits per heavy atom. The van der Waals surface area contributed by atoms with Gasteiger partial charge in [-0.25, -0.2) is 9.07 Å². The minimum absolute atomic E-state index is 0.0330. The van der Waals surface area contributed by atoms with Crippen LogP contribution in [-0.4, -0.2) is 27.1 Å². The molecule has 154 valence electrons. The number of carbonyl (C=O) groups is 1. The number of halogens is 2. The third-order valence-electron chi connectivity index (χ3n) is 5.02. The van der Waals surface area contributed by atoms with Crippen molar-refractivity contribution in [1.29, 1.82) is 0 Å². The number of para-hydroxylation sites is 1. The quantitative estimate of drug-likeness (QED) is 0.691. The second kappa shape index (κ2) is 7.79. The van der Waals surface area contributed by atoms with Gasteiger partial charge in [0, 0.05) is 13.5 Å². The van der Waals surface area contributed by atoms with Crippen molar-refractivity contribution in [1.82, 2.24) is 9.36 Å². The van der Waals surface area contributed by atoms with Crippen LogP contribution in [0.4, 0.5) is 10.1 Å². The largest absolute Gasteiger partial charge is 0.382 e. The number of anilines is 1. The Hall–Kier alpha value is -3.39. The molecule has 3 aromatic rings.